The quantitative estimate of drug-likeness (QED) is 0.650. The molecule has 2 atom stereocenters. The first kappa shape index (κ1) is 20.3. The van der Waals surface area contributed by atoms with Crippen molar-refractivity contribution in [2.45, 2.75) is 25.9 Å². The summed E-state index contributed by atoms with van der Waals surface area (Å²) in [4.78, 5) is 39.6. The molecule has 1 aromatic heterocycles. The van der Waals surface area contributed by atoms with Crippen molar-refractivity contribution in [2.24, 2.45) is 0 Å². The van der Waals surface area contributed by atoms with Crippen LogP contribution in [0.5, 0.6) is 0 Å². The van der Waals surface area contributed by atoms with E-state index in [0.29, 0.717) is 10.6 Å². The molecular formula is C19H15F4N3O3. The Morgan fingerprint density at radius 3 is 2.38 bits per heavy atom. The highest BCUT2D eigenvalue weighted by Crippen LogP contribution is 2.19. The van der Waals surface area contributed by atoms with Crippen molar-refractivity contribution in [3.05, 3.63) is 80.0 Å². The minimum absolute atomic E-state index is 0.0140. The number of fused-ring (bicyclic) bond motifs is 1. The van der Waals surface area contributed by atoms with Crippen LogP contribution in [0, 0.1) is 23.3 Å². The van der Waals surface area contributed by atoms with E-state index >= 15 is 0 Å². The van der Waals surface area contributed by atoms with E-state index in [1.165, 1.54) is 13.8 Å². The number of hydrogen-bond donors (Lipinski definition) is 2. The predicted molar refractivity (Wildman–Crippen MR) is 96.4 cm³/mol. The van der Waals surface area contributed by atoms with Crippen LogP contribution in [0.15, 0.2) is 39.9 Å². The van der Waals surface area contributed by atoms with Gasteiger partial charge in [-0.25, -0.2) is 26.9 Å². The molecule has 3 aromatic rings. The molecule has 0 unspecified atom stereocenters. The van der Waals surface area contributed by atoms with Crippen molar-refractivity contribution in [3.8, 4) is 0 Å². The van der Waals surface area contributed by atoms with Gasteiger partial charge in [0, 0.05) is 11.6 Å². The fourth-order valence-electron chi connectivity index (χ4n) is 2.99. The Morgan fingerprint density at radius 1 is 1.03 bits per heavy atom. The number of aromatic nitrogens is 2. The lowest BCUT2D eigenvalue weighted by Gasteiger charge is -2.19. The molecule has 0 bridgehead atoms. The SMILES string of the molecule is C[C@H](NC(=O)[C@@H](C)n1c(=O)[nH]c2ccc(F)c(F)c2c1=O)c1ccc(F)cc1F. The number of nitrogens with zero attached hydrogens (tertiary/aromatic N) is 1. The first-order chi connectivity index (χ1) is 13.6. The average Bonchev–Trinajstić information content (AvgIpc) is 2.64. The standard InChI is InChI=1S/C19H15F4N3O3/c1-8(11-4-3-10(20)7-13(11)22)24-17(27)9(2)26-18(28)15-14(25-19(26)29)6-5-12(21)16(15)23/h3-9H,1-2H3,(H,24,27)(H,25,29)/t8-,9+/m0/s1. The van der Waals surface area contributed by atoms with Gasteiger partial charge < -0.3 is 10.3 Å². The maximum absolute atomic E-state index is 14.1. The van der Waals surface area contributed by atoms with E-state index < -0.39 is 57.9 Å². The van der Waals surface area contributed by atoms with E-state index in [1.807, 2.05) is 0 Å². The third-order valence-electron chi connectivity index (χ3n) is 4.54. The second kappa shape index (κ2) is 7.53. The zero-order chi connectivity index (χ0) is 21.5. The maximum atomic E-state index is 14.1. The second-order valence-electron chi connectivity index (χ2n) is 6.46. The van der Waals surface area contributed by atoms with Crippen LogP contribution in [-0.4, -0.2) is 15.5 Å². The molecule has 2 aromatic carbocycles. The summed E-state index contributed by atoms with van der Waals surface area (Å²) in [5.41, 5.74) is -2.43. The van der Waals surface area contributed by atoms with Gasteiger partial charge in [0.15, 0.2) is 11.6 Å². The molecule has 0 aliphatic carbocycles. The van der Waals surface area contributed by atoms with Crippen molar-refractivity contribution in [2.75, 3.05) is 0 Å². The molecule has 0 aliphatic heterocycles. The number of benzene rings is 2. The zero-order valence-electron chi connectivity index (χ0n) is 15.2. The summed E-state index contributed by atoms with van der Waals surface area (Å²) in [6.45, 7) is 2.62. The van der Waals surface area contributed by atoms with Gasteiger partial charge in [-0.3, -0.25) is 9.59 Å². The zero-order valence-corrected chi connectivity index (χ0v) is 15.2. The van der Waals surface area contributed by atoms with E-state index in [0.717, 1.165) is 24.3 Å². The molecule has 2 N–H and O–H groups in total. The summed E-state index contributed by atoms with van der Waals surface area (Å²) in [6, 6.07) is 2.25. The predicted octanol–water partition coefficient (Wildman–Crippen LogP) is 2.68. The van der Waals surface area contributed by atoms with Gasteiger partial charge in [-0.2, -0.15) is 0 Å². The summed E-state index contributed by atoms with van der Waals surface area (Å²) in [5, 5.41) is 1.69. The molecule has 0 radical (unpaired) electrons. The van der Waals surface area contributed by atoms with Crippen LogP contribution in [-0.2, 0) is 4.79 Å². The fraction of sp³-hybridized carbons (Fsp3) is 0.211. The highest BCUT2D eigenvalue weighted by molar-refractivity contribution is 5.82. The molecule has 0 fully saturated rings. The monoisotopic (exact) mass is 409 g/mol. The van der Waals surface area contributed by atoms with E-state index in [4.69, 9.17) is 0 Å². The minimum atomic E-state index is -1.45. The molecule has 29 heavy (non-hydrogen) atoms. The number of halogens is 4. The Kier molecular flexibility index (Phi) is 5.27. The van der Waals surface area contributed by atoms with Crippen molar-refractivity contribution < 1.29 is 22.4 Å². The topological polar surface area (TPSA) is 84.0 Å². The van der Waals surface area contributed by atoms with Crippen LogP contribution in [0.2, 0.25) is 0 Å². The summed E-state index contributed by atoms with van der Waals surface area (Å²) in [5.74, 6) is -5.27. The lowest BCUT2D eigenvalue weighted by Crippen LogP contribution is -2.44. The Hall–Kier alpha value is -3.43. The van der Waals surface area contributed by atoms with Crippen LogP contribution >= 0.6 is 0 Å². The smallest absolute Gasteiger partial charge is 0.329 e. The Morgan fingerprint density at radius 2 is 1.72 bits per heavy atom. The van der Waals surface area contributed by atoms with Crippen molar-refractivity contribution in [1.29, 1.82) is 0 Å². The van der Waals surface area contributed by atoms with Crippen LogP contribution in [0.4, 0.5) is 17.6 Å². The van der Waals surface area contributed by atoms with Crippen molar-refractivity contribution in [3.63, 3.8) is 0 Å². The van der Waals surface area contributed by atoms with E-state index in [-0.39, 0.29) is 11.1 Å². The number of rotatable bonds is 4. The van der Waals surface area contributed by atoms with Gasteiger partial charge in [-0.15, -0.1) is 0 Å². The van der Waals surface area contributed by atoms with Gasteiger partial charge >= 0.3 is 5.69 Å². The first-order valence-corrected chi connectivity index (χ1v) is 8.49. The molecule has 0 saturated heterocycles. The lowest BCUT2D eigenvalue weighted by atomic mass is 10.1. The number of nitrogens with one attached hydrogen (secondary N) is 2. The summed E-state index contributed by atoms with van der Waals surface area (Å²) in [7, 11) is 0. The Bertz CT molecular complexity index is 1240. The van der Waals surface area contributed by atoms with Gasteiger partial charge in [0.1, 0.15) is 23.1 Å². The van der Waals surface area contributed by atoms with E-state index in [2.05, 4.69) is 10.3 Å². The average molecular weight is 409 g/mol. The van der Waals surface area contributed by atoms with Gasteiger partial charge in [-0.05, 0) is 32.0 Å². The van der Waals surface area contributed by atoms with Gasteiger partial charge in [0.25, 0.3) is 5.56 Å². The van der Waals surface area contributed by atoms with Gasteiger partial charge in [-0.1, -0.05) is 6.07 Å². The molecule has 0 aliphatic rings. The largest absolute Gasteiger partial charge is 0.348 e. The molecule has 10 heteroatoms. The summed E-state index contributed by atoms with van der Waals surface area (Å²) >= 11 is 0. The normalized spacial score (nSPS) is 13.3. The van der Waals surface area contributed by atoms with E-state index in [1.54, 1.807) is 0 Å². The first-order valence-electron chi connectivity index (χ1n) is 8.49. The molecule has 0 saturated carbocycles. The number of hydrogen-bond acceptors (Lipinski definition) is 3. The van der Waals surface area contributed by atoms with Crippen LogP contribution < -0.4 is 16.6 Å². The fourth-order valence-corrected chi connectivity index (χ4v) is 2.99. The maximum Gasteiger partial charge on any atom is 0.329 e. The van der Waals surface area contributed by atoms with Gasteiger partial charge in [0.2, 0.25) is 5.91 Å². The summed E-state index contributed by atoms with van der Waals surface area (Å²) in [6.07, 6.45) is 0. The highest BCUT2D eigenvalue weighted by atomic mass is 19.2. The van der Waals surface area contributed by atoms with Crippen LogP contribution in [0.3, 0.4) is 0 Å². The molecular weight excluding hydrogens is 394 g/mol. The van der Waals surface area contributed by atoms with Crippen LogP contribution in [0.1, 0.15) is 31.5 Å². The van der Waals surface area contributed by atoms with E-state index in [9.17, 15) is 31.9 Å². The summed E-state index contributed by atoms with van der Waals surface area (Å²) < 4.78 is 54.9. The third kappa shape index (κ3) is 3.65. The van der Waals surface area contributed by atoms with Crippen molar-refractivity contribution in [1.82, 2.24) is 14.9 Å². The van der Waals surface area contributed by atoms with Crippen LogP contribution in [0.25, 0.3) is 10.9 Å². The number of aromatic amines is 1. The third-order valence-corrected chi connectivity index (χ3v) is 4.54. The Balaban J connectivity index is 1.97. The molecule has 0 spiro atoms. The van der Waals surface area contributed by atoms with Crippen molar-refractivity contribution >= 4 is 16.8 Å². The number of amides is 1. The Labute approximate surface area is 160 Å². The second-order valence-corrected chi connectivity index (χ2v) is 6.46. The molecule has 152 valence electrons. The molecule has 3 rings (SSSR count). The molecule has 1 heterocycles. The highest BCUT2D eigenvalue weighted by Gasteiger charge is 2.24. The molecule has 6 nitrogen and oxygen atoms in total. The number of carbonyl (C=O) groups is 1. The lowest BCUT2D eigenvalue weighted by molar-refractivity contribution is -0.124. The minimum Gasteiger partial charge on any atom is -0.348 e. The van der Waals surface area contributed by atoms with Gasteiger partial charge in [0.05, 0.1) is 11.6 Å². The number of H-pyrrole nitrogens is 1. The number of carbonyl (C=O) groups excluding carboxylic acids is 1. The molecule has 1 amide bonds.